The van der Waals surface area contributed by atoms with E-state index >= 15 is 0 Å². The van der Waals surface area contributed by atoms with Crippen LogP contribution in [0.25, 0.3) is 0 Å². The summed E-state index contributed by atoms with van der Waals surface area (Å²) in [4.78, 5) is 0. The van der Waals surface area contributed by atoms with Gasteiger partial charge in [0.2, 0.25) is 0 Å². The highest BCUT2D eigenvalue weighted by Gasteiger charge is 2.39. The fraction of sp³-hybridized carbons (Fsp3) is 1.00. The predicted octanol–water partition coefficient (Wildman–Crippen LogP) is -2.98. The average Bonchev–Trinajstić information content (AvgIpc) is 2.24. The fourth-order valence-corrected chi connectivity index (χ4v) is 0.999. The van der Waals surface area contributed by atoms with E-state index < -0.39 is 36.9 Å². The number of aliphatic hydroxyl groups excluding tert-OH is 5. The Morgan fingerprint density at radius 3 is 1.86 bits per heavy atom. The van der Waals surface area contributed by atoms with Gasteiger partial charge in [-0.25, -0.2) is 0 Å². The Hall–Kier alpha value is -0.240. The van der Waals surface area contributed by atoms with Crippen molar-refractivity contribution in [3.63, 3.8) is 0 Å². The van der Waals surface area contributed by atoms with Gasteiger partial charge in [0.15, 0.2) is 0 Å². The normalized spacial score (nSPS) is 19.1. The lowest BCUT2D eigenvalue weighted by atomic mass is 9.81. The van der Waals surface area contributed by atoms with Gasteiger partial charge < -0.3 is 31.3 Å². The maximum absolute atomic E-state index is 9.55. The Kier molecular flexibility index (Phi) is 5.50. The van der Waals surface area contributed by atoms with E-state index in [1.807, 2.05) is 0 Å². The molecule has 0 heterocycles. The molecule has 0 aromatic heterocycles. The van der Waals surface area contributed by atoms with Crippen molar-refractivity contribution in [3.8, 4) is 0 Å². The van der Waals surface area contributed by atoms with Gasteiger partial charge in [-0.15, -0.1) is 0 Å². The van der Waals surface area contributed by atoms with Gasteiger partial charge in [0.1, 0.15) is 6.10 Å². The number of hydrogen-bond acceptors (Lipinski definition) is 6. The number of rotatable bonds is 6. The van der Waals surface area contributed by atoms with Gasteiger partial charge in [-0.2, -0.15) is 0 Å². The Morgan fingerprint density at radius 1 is 1.14 bits per heavy atom. The largest absolute Gasteiger partial charge is 0.396 e. The lowest BCUT2D eigenvalue weighted by Gasteiger charge is -2.35. The lowest BCUT2D eigenvalue weighted by molar-refractivity contribution is -0.130. The van der Waals surface area contributed by atoms with Crippen LogP contribution in [0.1, 0.15) is 6.92 Å². The summed E-state index contributed by atoms with van der Waals surface area (Å²) in [5.74, 6) is 0. The Balaban J connectivity index is 4.49. The summed E-state index contributed by atoms with van der Waals surface area (Å²) in [6, 6.07) is 0. The molecular formula is C8H19NO5. The third kappa shape index (κ3) is 2.88. The van der Waals surface area contributed by atoms with E-state index in [1.165, 1.54) is 6.92 Å². The SMILES string of the molecule is CC(CO)(CO)C(O)C(O)C(O)CN. The molecule has 14 heavy (non-hydrogen) atoms. The van der Waals surface area contributed by atoms with Crippen LogP contribution in [0, 0.1) is 5.41 Å². The molecule has 6 heteroatoms. The molecule has 0 spiro atoms. The van der Waals surface area contributed by atoms with Crippen molar-refractivity contribution in [2.24, 2.45) is 11.1 Å². The van der Waals surface area contributed by atoms with Gasteiger partial charge in [-0.05, 0) is 0 Å². The van der Waals surface area contributed by atoms with Crippen molar-refractivity contribution in [2.45, 2.75) is 25.2 Å². The molecule has 0 saturated heterocycles. The molecule has 0 fully saturated rings. The number of nitrogens with two attached hydrogens (primary N) is 1. The van der Waals surface area contributed by atoms with Crippen molar-refractivity contribution < 1.29 is 25.5 Å². The fourth-order valence-electron chi connectivity index (χ4n) is 0.999. The van der Waals surface area contributed by atoms with Crippen molar-refractivity contribution in [3.05, 3.63) is 0 Å². The maximum Gasteiger partial charge on any atom is 0.108 e. The first-order valence-corrected chi connectivity index (χ1v) is 4.39. The first-order valence-electron chi connectivity index (χ1n) is 4.39. The topological polar surface area (TPSA) is 127 Å². The second-order valence-corrected chi connectivity index (χ2v) is 3.71. The summed E-state index contributed by atoms with van der Waals surface area (Å²) >= 11 is 0. The van der Waals surface area contributed by atoms with E-state index in [9.17, 15) is 10.2 Å². The second-order valence-electron chi connectivity index (χ2n) is 3.71. The van der Waals surface area contributed by atoms with Gasteiger partial charge in [0, 0.05) is 12.0 Å². The minimum absolute atomic E-state index is 0.203. The van der Waals surface area contributed by atoms with E-state index in [4.69, 9.17) is 21.1 Å². The van der Waals surface area contributed by atoms with E-state index in [0.717, 1.165) is 0 Å². The monoisotopic (exact) mass is 209 g/mol. The highest BCUT2D eigenvalue weighted by Crippen LogP contribution is 2.23. The van der Waals surface area contributed by atoms with Crippen molar-refractivity contribution >= 4 is 0 Å². The molecule has 86 valence electrons. The van der Waals surface area contributed by atoms with Gasteiger partial charge in [0.05, 0.1) is 25.4 Å². The van der Waals surface area contributed by atoms with E-state index in [0.29, 0.717) is 0 Å². The maximum atomic E-state index is 9.55. The van der Waals surface area contributed by atoms with Gasteiger partial charge in [-0.3, -0.25) is 0 Å². The summed E-state index contributed by atoms with van der Waals surface area (Å²) in [5.41, 5.74) is 3.84. The Morgan fingerprint density at radius 2 is 1.57 bits per heavy atom. The number of hydrogen-bond donors (Lipinski definition) is 6. The van der Waals surface area contributed by atoms with Gasteiger partial charge in [0.25, 0.3) is 0 Å². The van der Waals surface area contributed by atoms with Crippen LogP contribution < -0.4 is 5.73 Å². The third-order valence-corrected chi connectivity index (χ3v) is 2.40. The van der Waals surface area contributed by atoms with Gasteiger partial charge >= 0.3 is 0 Å². The quantitative estimate of drug-likeness (QED) is 0.277. The van der Waals surface area contributed by atoms with Crippen LogP contribution >= 0.6 is 0 Å². The molecule has 0 saturated carbocycles. The van der Waals surface area contributed by atoms with Crippen molar-refractivity contribution in [1.29, 1.82) is 0 Å². The molecule has 0 amide bonds. The van der Waals surface area contributed by atoms with Crippen LogP contribution in [0.2, 0.25) is 0 Å². The minimum Gasteiger partial charge on any atom is -0.396 e. The molecule has 0 rings (SSSR count). The molecule has 3 unspecified atom stereocenters. The molecule has 7 N–H and O–H groups in total. The van der Waals surface area contributed by atoms with Crippen LogP contribution in [0.4, 0.5) is 0 Å². The molecule has 0 aliphatic carbocycles. The Bertz CT molecular complexity index is 162. The molecule has 6 nitrogen and oxygen atoms in total. The molecular weight excluding hydrogens is 190 g/mol. The standard InChI is InChI=1S/C8H19NO5/c1-8(3-10,4-11)7(14)6(13)5(12)2-9/h5-7,10-14H,2-4,9H2,1H3. The lowest BCUT2D eigenvalue weighted by Crippen LogP contribution is -2.52. The molecule has 0 aliphatic heterocycles. The summed E-state index contributed by atoms with van der Waals surface area (Å²) < 4.78 is 0. The van der Waals surface area contributed by atoms with E-state index in [-0.39, 0.29) is 6.54 Å². The number of aliphatic hydroxyl groups is 5. The zero-order valence-corrected chi connectivity index (χ0v) is 8.17. The first-order chi connectivity index (χ1) is 6.42. The summed E-state index contributed by atoms with van der Waals surface area (Å²) in [7, 11) is 0. The third-order valence-electron chi connectivity index (χ3n) is 2.40. The van der Waals surface area contributed by atoms with E-state index in [1.54, 1.807) is 0 Å². The van der Waals surface area contributed by atoms with Crippen LogP contribution in [0.3, 0.4) is 0 Å². The van der Waals surface area contributed by atoms with Crippen molar-refractivity contribution in [2.75, 3.05) is 19.8 Å². The van der Waals surface area contributed by atoms with Crippen molar-refractivity contribution in [1.82, 2.24) is 0 Å². The second kappa shape index (κ2) is 5.59. The first kappa shape index (κ1) is 13.8. The van der Waals surface area contributed by atoms with E-state index in [2.05, 4.69) is 0 Å². The smallest absolute Gasteiger partial charge is 0.108 e. The predicted molar refractivity (Wildman–Crippen MR) is 49.4 cm³/mol. The van der Waals surface area contributed by atoms with Crippen LogP contribution in [0.5, 0.6) is 0 Å². The van der Waals surface area contributed by atoms with Gasteiger partial charge in [-0.1, -0.05) is 6.92 Å². The molecule has 0 aromatic rings. The summed E-state index contributed by atoms with van der Waals surface area (Å²) in [5, 5.41) is 45.9. The zero-order chi connectivity index (χ0) is 11.4. The molecule has 0 radical (unpaired) electrons. The zero-order valence-electron chi connectivity index (χ0n) is 8.17. The molecule has 0 aromatic carbocycles. The van der Waals surface area contributed by atoms with Crippen LogP contribution in [-0.4, -0.2) is 63.6 Å². The Labute approximate surface area is 82.6 Å². The molecule has 3 atom stereocenters. The summed E-state index contributed by atoms with van der Waals surface area (Å²) in [6.45, 7) is 0.188. The average molecular weight is 209 g/mol. The minimum atomic E-state index is -1.48. The van der Waals surface area contributed by atoms with Crippen LogP contribution in [0.15, 0.2) is 0 Å². The highest BCUT2D eigenvalue weighted by molar-refractivity contribution is 4.89. The molecule has 0 bridgehead atoms. The molecule has 0 aliphatic rings. The van der Waals surface area contributed by atoms with Crippen LogP contribution in [-0.2, 0) is 0 Å². The summed E-state index contributed by atoms with van der Waals surface area (Å²) in [6.07, 6.45) is -4.19. The highest BCUT2D eigenvalue weighted by atomic mass is 16.4.